The Morgan fingerprint density at radius 2 is 0.730 bits per heavy atom. The van der Waals surface area contributed by atoms with Gasteiger partial charge >= 0.3 is 11.9 Å². The summed E-state index contributed by atoms with van der Waals surface area (Å²) < 4.78 is 81.3. The van der Waals surface area contributed by atoms with E-state index in [1.165, 1.54) is 139 Å². The number of carbonyl (C=O) groups is 2. The normalized spacial score (nSPS) is 11.4. The number of carbonyl (C=O) groups excluding carboxylic acids is 2. The van der Waals surface area contributed by atoms with Crippen LogP contribution in [0.5, 0.6) is 23.0 Å². The third kappa shape index (κ3) is 21.3. The molecule has 0 spiro atoms. The van der Waals surface area contributed by atoms with Gasteiger partial charge in [-0.3, -0.25) is 9.98 Å². The van der Waals surface area contributed by atoms with Crippen LogP contribution in [0.25, 0.3) is 0 Å². The monoisotopic (exact) mass is 1020 g/mol. The molecule has 0 aliphatic heterocycles. The van der Waals surface area contributed by atoms with E-state index in [-0.39, 0.29) is 36.2 Å². The Hall–Kier alpha value is -6.30. The van der Waals surface area contributed by atoms with Crippen molar-refractivity contribution in [3.8, 4) is 23.0 Å². The fraction of sp³-hybridized carbons (Fsp3) is 0.452. The van der Waals surface area contributed by atoms with Gasteiger partial charge in [0.15, 0.2) is 23.1 Å². The Morgan fingerprint density at radius 1 is 0.405 bits per heavy atom. The number of benzene rings is 5. The van der Waals surface area contributed by atoms with E-state index < -0.39 is 46.3 Å². The molecule has 74 heavy (non-hydrogen) atoms. The molecular formula is C62H76F4N2O6. The summed E-state index contributed by atoms with van der Waals surface area (Å²) in [6.45, 7) is 4.98. The van der Waals surface area contributed by atoms with Gasteiger partial charge in [0.25, 0.3) is 0 Å². The first kappa shape index (κ1) is 58.6. The molecule has 12 heteroatoms. The standard InChI is InChI=1S/C62H76F4N2O6/c1-3-5-7-9-11-13-15-17-19-21-23-25-42-71-55-40-38-53(57(63)59(55)65)61(69)73-51-34-30-49(31-35-51)67-45-47-28-27-29-48(44-47)46-68-50-32-36-52(37-33-50)74-62(70)54-39-41-56(60(66)58(54)64)72-43-26-24-22-20-18-16-14-12-10-8-6-4-2/h27-41,44-46H,3-26,42-43H2,1-2H3. The first-order valence-electron chi connectivity index (χ1n) is 27.2. The van der Waals surface area contributed by atoms with Gasteiger partial charge in [0.05, 0.1) is 35.7 Å². The maximum absolute atomic E-state index is 15.0. The summed E-state index contributed by atoms with van der Waals surface area (Å²) in [5, 5.41) is 0. The van der Waals surface area contributed by atoms with Crippen LogP contribution >= 0.6 is 0 Å². The molecule has 5 aromatic carbocycles. The van der Waals surface area contributed by atoms with Crippen molar-refractivity contribution in [3.63, 3.8) is 0 Å². The highest BCUT2D eigenvalue weighted by Gasteiger charge is 2.23. The Morgan fingerprint density at radius 3 is 1.07 bits per heavy atom. The van der Waals surface area contributed by atoms with Crippen molar-refractivity contribution in [1.82, 2.24) is 0 Å². The van der Waals surface area contributed by atoms with Crippen LogP contribution in [0.3, 0.4) is 0 Å². The van der Waals surface area contributed by atoms with Crippen molar-refractivity contribution in [2.24, 2.45) is 9.98 Å². The first-order valence-corrected chi connectivity index (χ1v) is 27.2. The largest absolute Gasteiger partial charge is 0.490 e. The summed E-state index contributed by atoms with van der Waals surface area (Å²) in [6, 6.07) is 24.8. The van der Waals surface area contributed by atoms with Gasteiger partial charge < -0.3 is 18.9 Å². The molecular weight excluding hydrogens is 945 g/mol. The smallest absolute Gasteiger partial charge is 0.346 e. The molecule has 0 atom stereocenters. The molecule has 0 saturated carbocycles. The third-order valence-corrected chi connectivity index (χ3v) is 12.8. The van der Waals surface area contributed by atoms with Gasteiger partial charge in [-0.2, -0.15) is 8.78 Å². The number of nitrogens with zero attached hydrogens (tertiary/aromatic N) is 2. The molecule has 5 rings (SSSR count). The molecule has 8 nitrogen and oxygen atoms in total. The maximum atomic E-state index is 15.0. The van der Waals surface area contributed by atoms with Gasteiger partial charge in [-0.15, -0.1) is 0 Å². The summed E-state index contributed by atoms with van der Waals surface area (Å²) in [5.41, 5.74) is 1.57. The summed E-state index contributed by atoms with van der Waals surface area (Å²) >= 11 is 0. The number of esters is 2. The molecule has 0 heterocycles. The van der Waals surface area contributed by atoms with E-state index in [9.17, 15) is 27.2 Å². The topological polar surface area (TPSA) is 95.8 Å². The Bertz CT molecular complexity index is 2330. The minimum Gasteiger partial charge on any atom is -0.490 e. The first-order chi connectivity index (χ1) is 36.2. The average Bonchev–Trinajstić information content (AvgIpc) is 3.41. The molecule has 5 aromatic rings. The van der Waals surface area contributed by atoms with E-state index in [0.29, 0.717) is 11.4 Å². The van der Waals surface area contributed by atoms with Crippen molar-refractivity contribution >= 4 is 35.7 Å². The molecule has 0 saturated heterocycles. The molecule has 0 fully saturated rings. The highest BCUT2D eigenvalue weighted by Crippen LogP contribution is 2.28. The molecule has 0 radical (unpaired) electrons. The number of ether oxygens (including phenoxy) is 4. The van der Waals surface area contributed by atoms with Crippen LogP contribution < -0.4 is 18.9 Å². The molecule has 0 aromatic heterocycles. The zero-order valence-electron chi connectivity index (χ0n) is 43.6. The molecule has 0 N–H and O–H groups in total. The Kier molecular flexibility index (Phi) is 27.1. The van der Waals surface area contributed by atoms with Crippen LogP contribution in [0.4, 0.5) is 28.9 Å². The SMILES string of the molecule is CCCCCCCCCCCCCCOc1ccc(C(=O)Oc2ccc(N=Cc3cccc(C=Nc4ccc(OC(=O)c5ccc(OCCCCCCCCCCCCCC)c(F)c5F)cc4)c3)cc2)c(F)c1F. The van der Waals surface area contributed by atoms with Crippen molar-refractivity contribution < 1.29 is 46.1 Å². The van der Waals surface area contributed by atoms with Gasteiger partial charge in [-0.05, 0) is 103 Å². The number of halogens is 4. The summed E-state index contributed by atoms with van der Waals surface area (Å²) in [4.78, 5) is 34.6. The number of hydrogen-bond donors (Lipinski definition) is 0. The van der Waals surface area contributed by atoms with Gasteiger partial charge in [0.1, 0.15) is 11.5 Å². The van der Waals surface area contributed by atoms with Gasteiger partial charge in [-0.1, -0.05) is 173 Å². The molecule has 0 aliphatic rings. The van der Waals surface area contributed by atoms with Crippen molar-refractivity contribution in [1.29, 1.82) is 0 Å². The number of aliphatic imine (C=N–C) groups is 2. The van der Waals surface area contributed by atoms with Crippen molar-refractivity contribution in [2.75, 3.05) is 13.2 Å². The second-order valence-corrected chi connectivity index (χ2v) is 18.9. The lowest BCUT2D eigenvalue weighted by molar-refractivity contribution is 0.0718. The van der Waals surface area contributed by atoms with Crippen LogP contribution in [0.15, 0.2) is 107 Å². The molecule has 0 unspecified atom stereocenters. The predicted molar refractivity (Wildman–Crippen MR) is 290 cm³/mol. The molecule has 0 bridgehead atoms. The lowest BCUT2D eigenvalue weighted by Gasteiger charge is -2.10. The van der Waals surface area contributed by atoms with Gasteiger partial charge in [0, 0.05) is 12.4 Å². The number of unbranched alkanes of at least 4 members (excludes halogenated alkanes) is 22. The predicted octanol–water partition coefficient (Wildman–Crippen LogP) is 18.3. The maximum Gasteiger partial charge on any atom is 0.346 e. The quantitative estimate of drug-likeness (QED) is 0.0130. The molecule has 0 aliphatic carbocycles. The zero-order valence-corrected chi connectivity index (χ0v) is 43.6. The van der Waals surface area contributed by atoms with Crippen LogP contribution in [0.2, 0.25) is 0 Å². The summed E-state index contributed by atoms with van der Waals surface area (Å²) in [6.07, 6.45) is 31.8. The summed E-state index contributed by atoms with van der Waals surface area (Å²) in [5.74, 6) is -7.40. The number of rotatable bonds is 36. The van der Waals surface area contributed by atoms with Crippen LogP contribution in [0, 0.1) is 23.3 Å². The molecule has 398 valence electrons. The number of hydrogen-bond acceptors (Lipinski definition) is 8. The Balaban J connectivity index is 0.996. The third-order valence-electron chi connectivity index (χ3n) is 12.8. The minimum atomic E-state index is -1.33. The lowest BCUT2D eigenvalue weighted by atomic mass is 10.1. The summed E-state index contributed by atoms with van der Waals surface area (Å²) in [7, 11) is 0. The van der Waals surface area contributed by atoms with Crippen LogP contribution in [-0.2, 0) is 0 Å². The van der Waals surface area contributed by atoms with Crippen LogP contribution in [-0.4, -0.2) is 37.6 Å². The lowest BCUT2D eigenvalue weighted by Crippen LogP contribution is -2.12. The minimum absolute atomic E-state index is 0.130. The Labute approximate surface area is 437 Å². The second kappa shape index (κ2) is 34.2. The molecule has 0 amide bonds. The van der Waals surface area contributed by atoms with Gasteiger partial charge in [0.2, 0.25) is 11.6 Å². The van der Waals surface area contributed by atoms with E-state index >= 15 is 0 Å². The van der Waals surface area contributed by atoms with Crippen LogP contribution in [0.1, 0.15) is 200 Å². The highest BCUT2D eigenvalue weighted by atomic mass is 19.2. The second-order valence-electron chi connectivity index (χ2n) is 18.9. The highest BCUT2D eigenvalue weighted by molar-refractivity contribution is 5.92. The fourth-order valence-corrected chi connectivity index (χ4v) is 8.39. The van der Waals surface area contributed by atoms with E-state index in [1.54, 1.807) is 36.7 Å². The van der Waals surface area contributed by atoms with E-state index in [1.807, 2.05) is 24.3 Å². The van der Waals surface area contributed by atoms with E-state index in [2.05, 4.69) is 23.8 Å². The van der Waals surface area contributed by atoms with Gasteiger partial charge in [-0.25, -0.2) is 18.4 Å². The zero-order chi connectivity index (χ0) is 52.6. The van der Waals surface area contributed by atoms with Crippen molar-refractivity contribution in [3.05, 3.63) is 143 Å². The van der Waals surface area contributed by atoms with E-state index in [0.717, 1.165) is 74.6 Å². The van der Waals surface area contributed by atoms with Crippen molar-refractivity contribution in [2.45, 2.75) is 168 Å². The fourth-order valence-electron chi connectivity index (χ4n) is 8.39. The van der Waals surface area contributed by atoms with E-state index in [4.69, 9.17) is 18.9 Å². The average molecular weight is 1020 g/mol.